The van der Waals surface area contributed by atoms with Crippen molar-refractivity contribution in [2.24, 2.45) is 0 Å². The van der Waals surface area contributed by atoms with E-state index in [0.717, 1.165) is 6.42 Å². The fourth-order valence-corrected chi connectivity index (χ4v) is 2.10. The van der Waals surface area contributed by atoms with Crippen LogP contribution in [0.4, 0.5) is 5.69 Å². The number of hydrogen-bond donors (Lipinski definition) is 1. The van der Waals surface area contributed by atoms with Gasteiger partial charge in [-0.1, -0.05) is 0 Å². The average molecular weight is 251 g/mol. The van der Waals surface area contributed by atoms with Crippen molar-refractivity contribution in [2.45, 2.75) is 18.9 Å². The number of carbonyl (C=O) groups is 1. The van der Waals surface area contributed by atoms with Crippen molar-refractivity contribution in [1.82, 2.24) is 0 Å². The van der Waals surface area contributed by atoms with Gasteiger partial charge in [0.1, 0.15) is 17.6 Å². The van der Waals surface area contributed by atoms with E-state index < -0.39 is 6.10 Å². The molecule has 0 aliphatic carbocycles. The monoisotopic (exact) mass is 251 g/mol. The molecule has 1 aliphatic rings. The lowest BCUT2D eigenvalue weighted by molar-refractivity contribution is -0.128. The predicted molar refractivity (Wildman–Crippen MR) is 67.1 cm³/mol. The molecule has 18 heavy (non-hydrogen) atoms. The second-order valence-electron chi connectivity index (χ2n) is 4.19. The van der Waals surface area contributed by atoms with Crippen LogP contribution in [-0.2, 0) is 4.79 Å². The summed E-state index contributed by atoms with van der Waals surface area (Å²) in [6.07, 6.45) is 0.365. The number of piperidine rings is 1. The molecule has 1 amide bonds. The smallest absolute Gasteiger partial charge is 0.255 e. The molecule has 0 radical (unpaired) electrons. The SMILES string of the molecule is COc1ccc(OC)c(N2CCCC(O)C2=O)c1. The topological polar surface area (TPSA) is 59.0 Å². The van der Waals surface area contributed by atoms with Crippen molar-refractivity contribution < 1.29 is 19.4 Å². The van der Waals surface area contributed by atoms with Crippen LogP contribution >= 0.6 is 0 Å². The first-order valence-electron chi connectivity index (χ1n) is 5.89. The number of hydrogen-bond acceptors (Lipinski definition) is 4. The molecule has 1 saturated heterocycles. The third kappa shape index (κ3) is 2.26. The van der Waals surface area contributed by atoms with E-state index in [0.29, 0.717) is 30.2 Å². The summed E-state index contributed by atoms with van der Waals surface area (Å²) in [4.78, 5) is 13.5. The number of ether oxygens (including phenoxy) is 2. The summed E-state index contributed by atoms with van der Waals surface area (Å²) in [6.45, 7) is 0.583. The zero-order chi connectivity index (χ0) is 13.1. The van der Waals surface area contributed by atoms with Gasteiger partial charge in [-0.05, 0) is 25.0 Å². The van der Waals surface area contributed by atoms with Crippen LogP contribution in [0, 0.1) is 0 Å². The largest absolute Gasteiger partial charge is 0.497 e. The molecule has 5 nitrogen and oxygen atoms in total. The summed E-state index contributed by atoms with van der Waals surface area (Å²) in [7, 11) is 3.12. The highest BCUT2D eigenvalue weighted by Crippen LogP contribution is 2.34. The number of nitrogens with zero attached hydrogens (tertiary/aromatic N) is 1. The Labute approximate surface area is 106 Å². The maximum absolute atomic E-state index is 12.0. The molecule has 0 bridgehead atoms. The molecule has 0 aromatic heterocycles. The summed E-state index contributed by atoms with van der Waals surface area (Å²) in [5.74, 6) is 0.963. The van der Waals surface area contributed by atoms with Gasteiger partial charge < -0.3 is 19.5 Å². The molecular formula is C13H17NO4. The number of rotatable bonds is 3. The average Bonchev–Trinajstić information content (AvgIpc) is 2.41. The lowest BCUT2D eigenvalue weighted by atomic mass is 10.1. The highest BCUT2D eigenvalue weighted by atomic mass is 16.5. The fraction of sp³-hybridized carbons (Fsp3) is 0.462. The van der Waals surface area contributed by atoms with Crippen molar-refractivity contribution in [2.75, 3.05) is 25.7 Å². The molecule has 1 aliphatic heterocycles. The quantitative estimate of drug-likeness (QED) is 0.876. The van der Waals surface area contributed by atoms with Gasteiger partial charge in [-0.3, -0.25) is 4.79 Å². The zero-order valence-electron chi connectivity index (χ0n) is 10.5. The van der Waals surface area contributed by atoms with Gasteiger partial charge in [-0.2, -0.15) is 0 Å². The Morgan fingerprint density at radius 1 is 1.33 bits per heavy atom. The van der Waals surface area contributed by atoms with Crippen LogP contribution in [0.3, 0.4) is 0 Å². The zero-order valence-corrected chi connectivity index (χ0v) is 10.5. The van der Waals surface area contributed by atoms with Crippen LogP contribution in [0.2, 0.25) is 0 Å². The summed E-state index contributed by atoms with van der Waals surface area (Å²) in [5.41, 5.74) is 0.639. The van der Waals surface area contributed by atoms with Crippen LogP contribution < -0.4 is 14.4 Å². The van der Waals surface area contributed by atoms with Crippen LogP contribution in [0.25, 0.3) is 0 Å². The van der Waals surface area contributed by atoms with Crippen molar-refractivity contribution in [3.05, 3.63) is 18.2 Å². The minimum atomic E-state index is -0.922. The van der Waals surface area contributed by atoms with Crippen LogP contribution in [0.15, 0.2) is 18.2 Å². The summed E-state index contributed by atoms with van der Waals surface area (Å²) in [6, 6.07) is 5.27. The van der Waals surface area contributed by atoms with E-state index in [1.807, 2.05) is 0 Å². The van der Waals surface area contributed by atoms with Gasteiger partial charge in [0.05, 0.1) is 19.9 Å². The van der Waals surface area contributed by atoms with Gasteiger partial charge in [0.15, 0.2) is 0 Å². The van der Waals surface area contributed by atoms with E-state index in [1.165, 1.54) is 0 Å². The van der Waals surface area contributed by atoms with Crippen LogP contribution in [-0.4, -0.2) is 37.9 Å². The van der Waals surface area contributed by atoms with Gasteiger partial charge in [0.2, 0.25) is 0 Å². The maximum atomic E-state index is 12.0. The van der Waals surface area contributed by atoms with Gasteiger partial charge in [-0.25, -0.2) is 0 Å². The Balaban J connectivity index is 2.38. The number of amides is 1. The lowest BCUT2D eigenvalue weighted by Gasteiger charge is -2.31. The number of methoxy groups -OCH3 is 2. The highest BCUT2D eigenvalue weighted by Gasteiger charge is 2.29. The molecule has 0 spiro atoms. The molecule has 1 N–H and O–H groups in total. The summed E-state index contributed by atoms with van der Waals surface area (Å²) < 4.78 is 10.4. The van der Waals surface area contributed by atoms with Crippen molar-refractivity contribution >= 4 is 11.6 Å². The minimum Gasteiger partial charge on any atom is -0.497 e. The van der Waals surface area contributed by atoms with E-state index in [2.05, 4.69) is 0 Å². The first-order valence-corrected chi connectivity index (χ1v) is 5.89. The van der Waals surface area contributed by atoms with Gasteiger partial charge in [0, 0.05) is 12.6 Å². The molecule has 5 heteroatoms. The Kier molecular flexibility index (Phi) is 3.72. The normalized spacial score (nSPS) is 19.8. The Bertz CT molecular complexity index is 447. The molecule has 98 valence electrons. The van der Waals surface area contributed by atoms with Gasteiger partial charge in [-0.15, -0.1) is 0 Å². The maximum Gasteiger partial charge on any atom is 0.255 e. The van der Waals surface area contributed by atoms with E-state index in [-0.39, 0.29) is 5.91 Å². The van der Waals surface area contributed by atoms with E-state index >= 15 is 0 Å². The van der Waals surface area contributed by atoms with Gasteiger partial charge in [0.25, 0.3) is 5.91 Å². The minimum absolute atomic E-state index is 0.284. The number of aliphatic hydroxyl groups is 1. The first-order chi connectivity index (χ1) is 8.67. The first kappa shape index (κ1) is 12.7. The van der Waals surface area contributed by atoms with E-state index in [9.17, 15) is 9.90 Å². The molecule has 1 aromatic carbocycles. The third-order valence-electron chi connectivity index (χ3n) is 3.09. The Morgan fingerprint density at radius 3 is 2.78 bits per heavy atom. The molecule has 0 saturated carbocycles. The molecule has 1 atom stereocenters. The van der Waals surface area contributed by atoms with E-state index in [4.69, 9.17) is 9.47 Å². The van der Waals surface area contributed by atoms with Crippen molar-refractivity contribution in [1.29, 1.82) is 0 Å². The van der Waals surface area contributed by atoms with Crippen molar-refractivity contribution in [3.8, 4) is 11.5 Å². The fourth-order valence-electron chi connectivity index (χ4n) is 2.10. The molecule has 2 rings (SSSR count). The lowest BCUT2D eigenvalue weighted by Crippen LogP contribution is -2.44. The summed E-state index contributed by atoms with van der Waals surface area (Å²) >= 11 is 0. The number of aliphatic hydroxyl groups excluding tert-OH is 1. The van der Waals surface area contributed by atoms with Crippen molar-refractivity contribution in [3.63, 3.8) is 0 Å². The summed E-state index contributed by atoms with van der Waals surface area (Å²) in [5, 5.41) is 9.64. The molecule has 1 heterocycles. The number of anilines is 1. The van der Waals surface area contributed by atoms with Crippen LogP contribution in [0.5, 0.6) is 11.5 Å². The molecule has 1 unspecified atom stereocenters. The predicted octanol–water partition coefficient (Wildman–Crippen LogP) is 1.19. The Morgan fingerprint density at radius 2 is 2.11 bits per heavy atom. The number of carbonyl (C=O) groups excluding carboxylic acids is 1. The second kappa shape index (κ2) is 5.27. The second-order valence-corrected chi connectivity index (χ2v) is 4.19. The highest BCUT2D eigenvalue weighted by molar-refractivity contribution is 5.98. The standard InChI is InChI=1S/C13H17NO4/c1-17-9-5-6-12(18-2)10(8-9)14-7-3-4-11(15)13(14)16/h5-6,8,11,15H,3-4,7H2,1-2H3. The van der Waals surface area contributed by atoms with E-state index in [1.54, 1.807) is 37.3 Å². The van der Waals surface area contributed by atoms with Crippen LogP contribution in [0.1, 0.15) is 12.8 Å². The van der Waals surface area contributed by atoms with Gasteiger partial charge >= 0.3 is 0 Å². The third-order valence-corrected chi connectivity index (χ3v) is 3.09. The number of benzene rings is 1. The molecule has 1 aromatic rings. The molecule has 1 fully saturated rings. The Hall–Kier alpha value is -1.75. The molecular weight excluding hydrogens is 234 g/mol.